The molecule has 0 aliphatic rings. The largest absolute Gasteiger partial charge is 0.322 e. The van der Waals surface area contributed by atoms with Crippen LogP contribution < -0.4 is 10.6 Å². The van der Waals surface area contributed by atoms with Gasteiger partial charge in [0.1, 0.15) is 0 Å². The van der Waals surface area contributed by atoms with Gasteiger partial charge in [0.2, 0.25) is 0 Å². The van der Waals surface area contributed by atoms with E-state index < -0.39 is 0 Å². The number of anilines is 2. The van der Waals surface area contributed by atoms with Gasteiger partial charge in [-0.15, -0.1) is 0 Å². The molecule has 0 radical (unpaired) electrons. The highest BCUT2D eigenvalue weighted by molar-refractivity contribution is 6.31. The summed E-state index contributed by atoms with van der Waals surface area (Å²) >= 11 is 11.7. The van der Waals surface area contributed by atoms with Gasteiger partial charge < -0.3 is 10.6 Å². The maximum Gasteiger partial charge on any atom is 0.255 e. The summed E-state index contributed by atoms with van der Waals surface area (Å²) in [5.41, 5.74) is 1.94. The molecule has 3 aromatic rings. The van der Waals surface area contributed by atoms with E-state index in [1.807, 2.05) is 0 Å². The van der Waals surface area contributed by atoms with Crippen LogP contribution in [0.2, 0.25) is 10.0 Å². The van der Waals surface area contributed by atoms with Crippen LogP contribution in [0.4, 0.5) is 11.4 Å². The molecule has 3 aromatic carbocycles. The van der Waals surface area contributed by atoms with Crippen molar-refractivity contribution < 1.29 is 9.59 Å². The molecule has 0 unspecified atom stereocenters. The van der Waals surface area contributed by atoms with Crippen molar-refractivity contribution in [3.05, 3.63) is 94.0 Å². The lowest BCUT2D eigenvalue weighted by Gasteiger charge is -2.08. The molecule has 0 bridgehead atoms. The maximum absolute atomic E-state index is 12.4. The summed E-state index contributed by atoms with van der Waals surface area (Å²) in [7, 11) is 0. The Bertz CT molecular complexity index is 956. The summed E-state index contributed by atoms with van der Waals surface area (Å²) in [6.07, 6.45) is 0. The molecule has 0 fully saturated rings. The Balaban J connectivity index is 1.73. The van der Waals surface area contributed by atoms with Gasteiger partial charge in [0.25, 0.3) is 11.8 Å². The van der Waals surface area contributed by atoms with Gasteiger partial charge in [0.05, 0.1) is 0 Å². The second kappa shape index (κ2) is 8.04. The third-order valence-electron chi connectivity index (χ3n) is 3.57. The molecule has 4 nitrogen and oxygen atoms in total. The SMILES string of the molecule is O=C(Nc1ccc(Cl)cc1)c1cccc(C(=O)Nc2cccc(Cl)c2)c1. The summed E-state index contributed by atoms with van der Waals surface area (Å²) in [4.78, 5) is 24.8. The number of hydrogen-bond acceptors (Lipinski definition) is 2. The molecule has 2 amide bonds. The van der Waals surface area contributed by atoms with Gasteiger partial charge in [0, 0.05) is 32.5 Å². The van der Waals surface area contributed by atoms with E-state index >= 15 is 0 Å². The quantitative estimate of drug-likeness (QED) is 0.623. The van der Waals surface area contributed by atoms with Gasteiger partial charge >= 0.3 is 0 Å². The first-order valence-corrected chi connectivity index (χ1v) is 8.51. The number of carbonyl (C=O) groups excluding carboxylic acids is 2. The number of hydrogen-bond donors (Lipinski definition) is 2. The van der Waals surface area contributed by atoms with Crippen LogP contribution in [0.25, 0.3) is 0 Å². The summed E-state index contributed by atoms with van der Waals surface area (Å²) < 4.78 is 0. The summed E-state index contributed by atoms with van der Waals surface area (Å²) in [5.74, 6) is -0.641. The number of rotatable bonds is 4. The molecule has 130 valence electrons. The monoisotopic (exact) mass is 384 g/mol. The van der Waals surface area contributed by atoms with Crippen LogP contribution in [-0.2, 0) is 0 Å². The molecule has 2 N–H and O–H groups in total. The Labute approximate surface area is 160 Å². The zero-order chi connectivity index (χ0) is 18.5. The third kappa shape index (κ3) is 4.63. The molecular weight excluding hydrogens is 371 g/mol. The van der Waals surface area contributed by atoms with Crippen LogP contribution in [-0.4, -0.2) is 11.8 Å². The fourth-order valence-electron chi connectivity index (χ4n) is 2.31. The lowest BCUT2D eigenvalue weighted by Crippen LogP contribution is -2.15. The predicted octanol–water partition coefficient (Wildman–Crippen LogP) is 5.50. The summed E-state index contributed by atoms with van der Waals surface area (Å²) in [6.45, 7) is 0. The molecule has 0 atom stereocenters. The van der Waals surface area contributed by atoms with E-state index in [9.17, 15) is 9.59 Å². The maximum atomic E-state index is 12.4. The van der Waals surface area contributed by atoms with E-state index in [1.165, 1.54) is 6.07 Å². The third-order valence-corrected chi connectivity index (χ3v) is 4.06. The lowest BCUT2D eigenvalue weighted by molar-refractivity contribution is 0.102. The van der Waals surface area contributed by atoms with E-state index in [-0.39, 0.29) is 11.8 Å². The molecule has 26 heavy (non-hydrogen) atoms. The van der Waals surface area contributed by atoms with E-state index in [4.69, 9.17) is 23.2 Å². The van der Waals surface area contributed by atoms with Crippen LogP contribution in [0.5, 0.6) is 0 Å². The Kier molecular flexibility index (Phi) is 5.56. The van der Waals surface area contributed by atoms with Crippen LogP contribution in [0.3, 0.4) is 0 Å². The minimum Gasteiger partial charge on any atom is -0.322 e. The number of nitrogens with one attached hydrogen (secondary N) is 2. The molecule has 6 heteroatoms. The summed E-state index contributed by atoms with van der Waals surface area (Å²) in [6, 6.07) is 20.1. The summed E-state index contributed by atoms with van der Waals surface area (Å²) in [5, 5.41) is 6.63. The first-order valence-electron chi connectivity index (χ1n) is 7.75. The highest BCUT2D eigenvalue weighted by atomic mass is 35.5. The average Bonchev–Trinajstić information content (AvgIpc) is 2.64. The minimum atomic E-state index is -0.326. The van der Waals surface area contributed by atoms with Crippen LogP contribution in [0.15, 0.2) is 72.8 Å². The van der Waals surface area contributed by atoms with E-state index in [2.05, 4.69) is 10.6 Å². The number of halogens is 2. The molecule has 0 heterocycles. The Morgan fingerprint density at radius 3 is 1.81 bits per heavy atom. The molecule has 3 rings (SSSR count). The zero-order valence-electron chi connectivity index (χ0n) is 13.5. The van der Waals surface area contributed by atoms with Crippen LogP contribution in [0.1, 0.15) is 20.7 Å². The second-order valence-corrected chi connectivity index (χ2v) is 6.38. The molecule has 0 aliphatic heterocycles. The van der Waals surface area contributed by atoms with Crippen molar-refractivity contribution in [2.24, 2.45) is 0 Å². The van der Waals surface area contributed by atoms with Gasteiger partial charge in [-0.25, -0.2) is 0 Å². The van der Waals surface area contributed by atoms with E-state index in [0.717, 1.165) is 0 Å². The number of benzene rings is 3. The number of amides is 2. The standard InChI is InChI=1S/C20H14Cl2N2O2/c21-15-7-9-17(10-8-15)23-19(25)13-3-1-4-14(11-13)20(26)24-18-6-2-5-16(22)12-18/h1-12H,(H,23,25)(H,24,26). The van der Waals surface area contributed by atoms with E-state index in [1.54, 1.807) is 66.7 Å². The van der Waals surface area contributed by atoms with Crippen molar-refractivity contribution in [3.63, 3.8) is 0 Å². The average molecular weight is 385 g/mol. The van der Waals surface area contributed by atoms with Crippen molar-refractivity contribution in [2.75, 3.05) is 10.6 Å². The Morgan fingerprint density at radius 2 is 1.19 bits per heavy atom. The molecule has 0 aliphatic carbocycles. The van der Waals surface area contributed by atoms with Gasteiger partial charge in [-0.05, 0) is 60.7 Å². The lowest BCUT2D eigenvalue weighted by atomic mass is 10.1. The fourth-order valence-corrected chi connectivity index (χ4v) is 2.62. The molecule has 0 saturated heterocycles. The van der Waals surface area contributed by atoms with Crippen LogP contribution >= 0.6 is 23.2 Å². The topological polar surface area (TPSA) is 58.2 Å². The van der Waals surface area contributed by atoms with Gasteiger partial charge in [-0.3, -0.25) is 9.59 Å². The van der Waals surface area contributed by atoms with Crippen molar-refractivity contribution in [3.8, 4) is 0 Å². The number of carbonyl (C=O) groups is 2. The first kappa shape index (κ1) is 18.0. The fraction of sp³-hybridized carbons (Fsp3) is 0. The molecule has 0 aromatic heterocycles. The molecule has 0 spiro atoms. The van der Waals surface area contributed by atoms with Gasteiger partial charge in [-0.2, -0.15) is 0 Å². The first-order chi connectivity index (χ1) is 12.5. The normalized spacial score (nSPS) is 10.2. The molecule has 0 saturated carbocycles. The predicted molar refractivity (Wildman–Crippen MR) is 105 cm³/mol. The van der Waals surface area contributed by atoms with Crippen molar-refractivity contribution in [1.29, 1.82) is 0 Å². The van der Waals surface area contributed by atoms with Crippen molar-refractivity contribution in [1.82, 2.24) is 0 Å². The zero-order valence-corrected chi connectivity index (χ0v) is 15.0. The molecular formula is C20H14Cl2N2O2. The van der Waals surface area contributed by atoms with E-state index in [0.29, 0.717) is 32.5 Å². The van der Waals surface area contributed by atoms with Crippen LogP contribution in [0, 0.1) is 0 Å². The minimum absolute atomic E-state index is 0.315. The van der Waals surface area contributed by atoms with Crippen molar-refractivity contribution in [2.45, 2.75) is 0 Å². The van der Waals surface area contributed by atoms with Gasteiger partial charge in [-0.1, -0.05) is 35.3 Å². The second-order valence-electron chi connectivity index (χ2n) is 5.51. The Hall–Kier alpha value is -2.82. The van der Waals surface area contributed by atoms with Gasteiger partial charge in [0.15, 0.2) is 0 Å². The highest BCUT2D eigenvalue weighted by Crippen LogP contribution is 2.17. The Morgan fingerprint density at radius 1 is 0.615 bits per heavy atom. The van der Waals surface area contributed by atoms with Crippen molar-refractivity contribution >= 4 is 46.4 Å². The smallest absolute Gasteiger partial charge is 0.255 e. The highest BCUT2D eigenvalue weighted by Gasteiger charge is 2.11.